The number of nitrogens with one attached hydrogen (secondary N) is 1. The quantitative estimate of drug-likeness (QED) is 0.118. The molecule has 0 aliphatic carbocycles. The maximum Gasteiger partial charge on any atom is 0.310 e. The Balaban J connectivity index is 1.78. The predicted octanol–water partition coefficient (Wildman–Crippen LogP) is 7.96. The van der Waals surface area contributed by atoms with Crippen LogP contribution in [0.1, 0.15) is 119 Å². The maximum absolute atomic E-state index is 14.7. The van der Waals surface area contributed by atoms with Crippen molar-refractivity contribution in [3.8, 4) is 0 Å². The van der Waals surface area contributed by atoms with Gasteiger partial charge in [0.05, 0.1) is 11.5 Å². The number of Topliss-reactive ketones (excluding diaryl/α,β-unsaturated/α-hetero) is 1. The van der Waals surface area contributed by atoms with Crippen LogP contribution in [-0.2, 0) is 11.2 Å². The molecule has 3 rings (SSSR count). The number of para-hydroxylation sites is 1. The molecule has 0 bridgehead atoms. The number of anilines is 1. The second kappa shape index (κ2) is 18.3. The average Bonchev–Trinajstić information content (AvgIpc) is 3.04. The highest BCUT2D eigenvalue weighted by Gasteiger charge is 2.39. The van der Waals surface area contributed by atoms with Crippen LogP contribution in [0.5, 0.6) is 0 Å². The van der Waals surface area contributed by atoms with Crippen molar-refractivity contribution in [2.45, 2.75) is 110 Å². The van der Waals surface area contributed by atoms with E-state index in [4.69, 9.17) is 0 Å². The van der Waals surface area contributed by atoms with E-state index in [1.165, 1.54) is 51.4 Å². The van der Waals surface area contributed by atoms with Crippen molar-refractivity contribution in [1.29, 1.82) is 0 Å². The molecule has 3 unspecified atom stereocenters. The summed E-state index contributed by atoms with van der Waals surface area (Å²) < 4.78 is 0. The third-order valence-electron chi connectivity index (χ3n) is 9.73. The Kier molecular flexibility index (Phi) is 14.9. The molecule has 0 radical (unpaired) electrons. The number of carboxylic acids is 1. The summed E-state index contributed by atoms with van der Waals surface area (Å²) in [7, 11) is 2.15. The zero-order valence-corrected chi connectivity index (χ0v) is 28.2. The second-order valence-electron chi connectivity index (χ2n) is 13.3. The van der Waals surface area contributed by atoms with E-state index in [1.807, 2.05) is 42.5 Å². The molecule has 1 aliphatic heterocycles. The lowest BCUT2D eigenvalue weighted by Crippen LogP contribution is -2.55. The van der Waals surface area contributed by atoms with E-state index in [9.17, 15) is 14.7 Å². The van der Waals surface area contributed by atoms with E-state index in [0.717, 1.165) is 61.5 Å². The van der Waals surface area contributed by atoms with Gasteiger partial charge in [0.25, 0.3) is 0 Å². The van der Waals surface area contributed by atoms with E-state index in [0.29, 0.717) is 18.8 Å². The fourth-order valence-electron chi connectivity index (χ4n) is 6.39. The minimum absolute atomic E-state index is 0.150. The lowest BCUT2D eigenvalue weighted by molar-refractivity contribution is -0.138. The summed E-state index contributed by atoms with van der Waals surface area (Å²) >= 11 is 0. The summed E-state index contributed by atoms with van der Waals surface area (Å²) in [6.07, 6.45) is 12.9. The van der Waals surface area contributed by atoms with Crippen molar-refractivity contribution in [1.82, 2.24) is 10.2 Å². The van der Waals surface area contributed by atoms with Gasteiger partial charge < -0.3 is 20.2 Å². The summed E-state index contributed by atoms with van der Waals surface area (Å²) in [6, 6.07) is 16.0. The Morgan fingerprint density at radius 3 is 2.09 bits per heavy atom. The summed E-state index contributed by atoms with van der Waals surface area (Å²) in [6.45, 7) is 13.0. The van der Waals surface area contributed by atoms with Crippen molar-refractivity contribution < 1.29 is 14.7 Å². The minimum atomic E-state index is -0.830. The summed E-state index contributed by atoms with van der Waals surface area (Å²) in [4.78, 5) is 31.0. The molecule has 3 atom stereocenters. The van der Waals surface area contributed by atoms with Crippen molar-refractivity contribution in [3.05, 3.63) is 65.2 Å². The van der Waals surface area contributed by atoms with Gasteiger partial charge >= 0.3 is 5.97 Å². The highest BCUT2D eigenvalue weighted by Crippen LogP contribution is 2.30. The van der Waals surface area contributed by atoms with Crippen LogP contribution in [-0.4, -0.2) is 67.1 Å². The molecule has 2 aromatic carbocycles. The largest absolute Gasteiger partial charge is 0.481 e. The molecule has 0 spiro atoms. The molecule has 0 aromatic heterocycles. The van der Waals surface area contributed by atoms with E-state index >= 15 is 0 Å². The van der Waals surface area contributed by atoms with Gasteiger partial charge in [0.15, 0.2) is 5.78 Å². The average molecular weight is 606 g/mol. The summed E-state index contributed by atoms with van der Waals surface area (Å²) in [5.41, 5.74) is 2.89. The Morgan fingerprint density at radius 2 is 1.48 bits per heavy atom. The molecule has 2 aromatic rings. The first kappa shape index (κ1) is 35.8. The molecule has 0 saturated carbocycles. The number of unbranched alkanes of at least 4 members (excludes halogenated alkanes) is 7. The molecule has 44 heavy (non-hydrogen) atoms. The highest BCUT2D eigenvalue weighted by atomic mass is 16.4. The van der Waals surface area contributed by atoms with Crippen LogP contribution in [0.3, 0.4) is 0 Å². The van der Waals surface area contributed by atoms with Crippen LogP contribution in [0.25, 0.3) is 0 Å². The van der Waals surface area contributed by atoms with Crippen LogP contribution in [0.2, 0.25) is 0 Å². The van der Waals surface area contributed by atoms with Gasteiger partial charge in [0.2, 0.25) is 0 Å². The fourth-order valence-corrected chi connectivity index (χ4v) is 6.39. The molecule has 1 fully saturated rings. The molecule has 1 aliphatic rings. The number of aliphatic carboxylic acids is 1. The number of nitrogens with zero attached hydrogens (tertiary/aromatic N) is 2. The van der Waals surface area contributed by atoms with Gasteiger partial charge in [-0.1, -0.05) is 109 Å². The molecular weight excluding hydrogens is 546 g/mol. The molecular formula is C38H59N3O3. The number of hydrogen-bond acceptors (Lipinski definition) is 5. The number of carbonyl (C=O) groups excluding carboxylic acids is 1. The molecule has 6 heteroatoms. The number of rotatable bonds is 20. The van der Waals surface area contributed by atoms with Crippen molar-refractivity contribution in [3.63, 3.8) is 0 Å². The van der Waals surface area contributed by atoms with Crippen LogP contribution < -0.4 is 10.2 Å². The van der Waals surface area contributed by atoms with Gasteiger partial charge in [-0.15, -0.1) is 0 Å². The fraction of sp³-hybridized carbons (Fsp3) is 0.632. The molecule has 1 heterocycles. The van der Waals surface area contributed by atoms with Gasteiger partial charge in [-0.05, 0) is 69.0 Å². The van der Waals surface area contributed by atoms with Gasteiger partial charge in [-0.25, -0.2) is 0 Å². The first-order chi connectivity index (χ1) is 21.2. The van der Waals surface area contributed by atoms with Crippen LogP contribution in [0.15, 0.2) is 48.5 Å². The highest BCUT2D eigenvalue weighted by molar-refractivity contribution is 6.07. The second-order valence-corrected chi connectivity index (χ2v) is 13.3. The van der Waals surface area contributed by atoms with Crippen molar-refractivity contribution in [2.24, 2.45) is 5.92 Å². The predicted molar refractivity (Wildman–Crippen MR) is 184 cm³/mol. The number of hydrogen-bond donors (Lipinski definition) is 2. The molecule has 2 N–H and O–H groups in total. The third kappa shape index (κ3) is 10.4. The molecule has 244 valence electrons. The minimum Gasteiger partial charge on any atom is -0.481 e. The number of piperazine rings is 1. The molecule has 0 amide bonds. The molecule has 6 nitrogen and oxygen atoms in total. The van der Waals surface area contributed by atoms with E-state index in [2.05, 4.69) is 49.0 Å². The lowest BCUT2D eigenvalue weighted by atomic mass is 9.80. The SMILES string of the molecule is CCCCCCCCCCC(C)CNC(CC)(Cc1ccc(C(C)C(=O)O)cc1)C(=O)c1ccccc1N1CCN(C)CC1. The topological polar surface area (TPSA) is 72.9 Å². The number of carbonyl (C=O) groups is 2. The van der Waals surface area contributed by atoms with Gasteiger partial charge in [-0.2, -0.15) is 0 Å². The zero-order valence-electron chi connectivity index (χ0n) is 28.2. The Hall–Kier alpha value is -2.70. The Morgan fingerprint density at radius 1 is 0.864 bits per heavy atom. The van der Waals surface area contributed by atoms with Crippen molar-refractivity contribution in [2.75, 3.05) is 44.7 Å². The zero-order chi connectivity index (χ0) is 32.0. The van der Waals surface area contributed by atoms with Crippen LogP contribution in [0.4, 0.5) is 5.69 Å². The monoisotopic (exact) mass is 605 g/mol. The lowest BCUT2D eigenvalue weighted by Gasteiger charge is -2.38. The first-order valence-corrected chi connectivity index (χ1v) is 17.3. The van der Waals surface area contributed by atoms with Crippen LogP contribution in [0, 0.1) is 5.92 Å². The van der Waals surface area contributed by atoms with Crippen molar-refractivity contribution >= 4 is 17.4 Å². The summed E-state index contributed by atoms with van der Waals surface area (Å²) in [5, 5.41) is 13.3. The molecule has 1 saturated heterocycles. The Labute approximate surface area is 267 Å². The number of likely N-dealkylation sites (N-methyl/N-ethyl adjacent to an activating group) is 1. The smallest absolute Gasteiger partial charge is 0.310 e. The first-order valence-electron chi connectivity index (χ1n) is 17.3. The summed E-state index contributed by atoms with van der Waals surface area (Å²) in [5.74, 6) is -0.770. The van der Waals surface area contributed by atoms with E-state index in [1.54, 1.807) is 6.92 Å². The van der Waals surface area contributed by atoms with Gasteiger partial charge in [0.1, 0.15) is 0 Å². The number of ketones is 1. The third-order valence-corrected chi connectivity index (χ3v) is 9.73. The maximum atomic E-state index is 14.7. The Bertz CT molecular complexity index is 1140. The number of benzene rings is 2. The van der Waals surface area contributed by atoms with E-state index < -0.39 is 17.4 Å². The standard InChI is InChI=1S/C38H59N3O3/c1-6-8-9-10-11-12-13-14-17-30(3)29-39-38(7-2,28-32-20-22-33(23-21-32)31(4)37(43)44)36(42)34-18-15-16-19-35(34)41-26-24-40(5)25-27-41/h15-16,18-23,30-31,39H,6-14,17,24-29H2,1-5H3,(H,43,44). The van der Waals surface area contributed by atoms with Gasteiger partial charge in [-0.3, -0.25) is 9.59 Å². The number of carboxylic acid groups (broad SMARTS) is 1. The normalized spacial score (nSPS) is 16.8. The van der Waals surface area contributed by atoms with Crippen LogP contribution >= 0.6 is 0 Å². The van der Waals surface area contributed by atoms with Gasteiger partial charge in [0, 0.05) is 37.4 Å². The van der Waals surface area contributed by atoms with E-state index in [-0.39, 0.29) is 5.78 Å².